The molecule has 0 fully saturated rings. The molecular formula is C7H15NOS2. The first-order valence-corrected chi connectivity index (χ1v) is 5.51. The Kier molecular flexibility index (Phi) is 5.86. The highest BCUT2D eigenvalue weighted by atomic mass is 32.2. The molecule has 0 aliphatic carbocycles. The SMILES string of the molecule is CSCC(C)N(C)C(=O)CS. The molecule has 1 amide bonds. The van der Waals surface area contributed by atoms with Gasteiger partial charge in [-0.1, -0.05) is 0 Å². The predicted molar refractivity (Wildman–Crippen MR) is 54.5 cm³/mol. The summed E-state index contributed by atoms with van der Waals surface area (Å²) in [6, 6.07) is 0.310. The minimum absolute atomic E-state index is 0.0925. The Morgan fingerprint density at radius 1 is 1.73 bits per heavy atom. The Bertz CT molecular complexity index is 130. The topological polar surface area (TPSA) is 20.3 Å². The van der Waals surface area contributed by atoms with Gasteiger partial charge < -0.3 is 4.90 Å². The summed E-state index contributed by atoms with van der Waals surface area (Å²) in [6.07, 6.45) is 2.04. The van der Waals surface area contributed by atoms with Gasteiger partial charge in [0.25, 0.3) is 0 Å². The molecule has 0 bridgehead atoms. The third kappa shape index (κ3) is 3.91. The van der Waals surface area contributed by atoms with Crippen molar-refractivity contribution in [2.45, 2.75) is 13.0 Å². The molecular weight excluding hydrogens is 178 g/mol. The third-order valence-electron chi connectivity index (χ3n) is 1.60. The van der Waals surface area contributed by atoms with E-state index in [4.69, 9.17) is 0 Å². The van der Waals surface area contributed by atoms with Gasteiger partial charge >= 0.3 is 0 Å². The van der Waals surface area contributed by atoms with Crippen molar-refractivity contribution in [2.75, 3.05) is 24.8 Å². The molecule has 0 radical (unpaired) electrons. The smallest absolute Gasteiger partial charge is 0.232 e. The quantitative estimate of drug-likeness (QED) is 0.675. The van der Waals surface area contributed by atoms with Gasteiger partial charge in [0.05, 0.1) is 5.75 Å². The van der Waals surface area contributed by atoms with Gasteiger partial charge in [-0.25, -0.2) is 0 Å². The number of nitrogens with zero attached hydrogens (tertiary/aromatic N) is 1. The largest absolute Gasteiger partial charge is 0.342 e. The van der Waals surface area contributed by atoms with E-state index < -0.39 is 0 Å². The fourth-order valence-corrected chi connectivity index (χ4v) is 1.64. The first-order chi connectivity index (χ1) is 5.13. The van der Waals surface area contributed by atoms with Gasteiger partial charge in [0, 0.05) is 18.8 Å². The highest BCUT2D eigenvalue weighted by molar-refractivity contribution is 7.98. The van der Waals surface area contributed by atoms with E-state index in [1.807, 2.05) is 20.2 Å². The van der Waals surface area contributed by atoms with E-state index in [-0.39, 0.29) is 5.91 Å². The maximum Gasteiger partial charge on any atom is 0.232 e. The number of hydrogen-bond donors (Lipinski definition) is 1. The third-order valence-corrected chi connectivity index (χ3v) is 2.68. The summed E-state index contributed by atoms with van der Waals surface area (Å²) in [4.78, 5) is 12.8. The molecule has 0 aromatic carbocycles. The lowest BCUT2D eigenvalue weighted by atomic mass is 10.3. The molecule has 0 aromatic heterocycles. The van der Waals surface area contributed by atoms with Crippen molar-refractivity contribution >= 4 is 30.3 Å². The minimum Gasteiger partial charge on any atom is -0.342 e. The number of carbonyl (C=O) groups is 1. The molecule has 0 saturated carbocycles. The minimum atomic E-state index is 0.0925. The van der Waals surface area contributed by atoms with E-state index in [0.29, 0.717) is 11.8 Å². The molecule has 0 aliphatic heterocycles. The summed E-state index contributed by atoms with van der Waals surface area (Å²) < 4.78 is 0. The van der Waals surface area contributed by atoms with Crippen LogP contribution in [-0.2, 0) is 4.79 Å². The van der Waals surface area contributed by atoms with Crippen LogP contribution in [0.3, 0.4) is 0 Å². The van der Waals surface area contributed by atoms with Crippen LogP contribution in [-0.4, -0.2) is 41.7 Å². The second kappa shape index (κ2) is 5.77. The second-order valence-corrected chi connectivity index (χ2v) is 3.69. The highest BCUT2D eigenvalue weighted by Crippen LogP contribution is 2.03. The Morgan fingerprint density at radius 2 is 2.27 bits per heavy atom. The molecule has 0 rings (SSSR count). The van der Waals surface area contributed by atoms with Crippen molar-refractivity contribution in [1.82, 2.24) is 4.90 Å². The normalized spacial score (nSPS) is 12.7. The standard InChI is InChI=1S/C7H15NOS2/c1-6(5-11-3)8(2)7(9)4-10/h6,10H,4-5H2,1-3H3. The zero-order chi connectivity index (χ0) is 8.85. The first-order valence-electron chi connectivity index (χ1n) is 3.49. The molecule has 0 N–H and O–H groups in total. The van der Waals surface area contributed by atoms with E-state index in [2.05, 4.69) is 12.6 Å². The van der Waals surface area contributed by atoms with Crippen LogP contribution in [0, 0.1) is 0 Å². The summed E-state index contributed by atoms with van der Waals surface area (Å²) in [6.45, 7) is 2.04. The Hall–Kier alpha value is 0.170. The molecule has 4 heteroatoms. The summed E-state index contributed by atoms with van der Waals surface area (Å²) in [7, 11) is 1.82. The van der Waals surface area contributed by atoms with Crippen molar-refractivity contribution < 1.29 is 4.79 Å². The van der Waals surface area contributed by atoms with Crippen LogP contribution in [0.2, 0.25) is 0 Å². The second-order valence-electron chi connectivity index (χ2n) is 2.47. The lowest BCUT2D eigenvalue weighted by Gasteiger charge is -2.23. The van der Waals surface area contributed by atoms with Crippen molar-refractivity contribution in [1.29, 1.82) is 0 Å². The number of carbonyl (C=O) groups excluding carboxylic acids is 1. The molecule has 11 heavy (non-hydrogen) atoms. The molecule has 0 heterocycles. The van der Waals surface area contributed by atoms with Gasteiger partial charge in [-0.2, -0.15) is 24.4 Å². The number of hydrogen-bond acceptors (Lipinski definition) is 3. The number of thiol groups is 1. The predicted octanol–water partition coefficient (Wildman–Crippen LogP) is 1.13. The maximum atomic E-state index is 11.1. The number of amides is 1. The molecule has 0 aliphatic rings. The fourth-order valence-electron chi connectivity index (χ4n) is 0.710. The van der Waals surface area contributed by atoms with E-state index >= 15 is 0 Å². The van der Waals surface area contributed by atoms with Crippen LogP contribution in [0.1, 0.15) is 6.92 Å². The van der Waals surface area contributed by atoms with Gasteiger partial charge in [0.2, 0.25) is 5.91 Å². The maximum absolute atomic E-state index is 11.1. The van der Waals surface area contributed by atoms with Crippen LogP contribution >= 0.6 is 24.4 Å². The molecule has 0 aromatic rings. The van der Waals surface area contributed by atoms with Crippen molar-refractivity contribution in [3.63, 3.8) is 0 Å². The lowest BCUT2D eigenvalue weighted by molar-refractivity contribution is -0.128. The fraction of sp³-hybridized carbons (Fsp3) is 0.857. The summed E-state index contributed by atoms with van der Waals surface area (Å²) >= 11 is 5.67. The van der Waals surface area contributed by atoms with E-state index in [1.54, 1.807) is 16.7 Å². The van der Waals surface area contributed by atoms with Gasteiger partial charge in [-0.15, -0.1) is 0 Å². The Balaban J connectivity index is 3.80. The van der Waals surface area contributed by atoms with Crippen molar-refractivity contribution in [2.24, 2.45) is 0 Å². The molecule has 1 unspecified atom stereocenters. The summed E-state index contributed by atoms with van der Waals surface area (Å²) in [5.41, 5.74) is 0. The van der Waals surface area contributed by atoms with Crippen molar-refractivity contribution in [3.05, 3.63) is 0 Å². The molecule has 0 spiro atoms. The van der Waals surface area contributed by atoms with E-state index in [9.17, 15) is 4.79 Å². The summed E-state index contributed by atoms with van der Waals surface area (Å²) in [5.74, 6) is 1.38. The van der Waals surface area contributed by atoms with Crippen LogP contribution in [0.5, 0.6) is 0 Å². The average Bonchev–Trinajstić information content (AvgIpc) is 2.02. The summed E-state index contributed by atoms with van der Waals surface area (Å²) in [5, 5.41) is 0. The van der Waals surface area contributed by atoms with Crippen molar-refractivity contribution in [3.8, 4) is 0 Å². The Labute approximate surface area is 78.1 Å². The monoisotopic (exact) mass is 193 g/mol. The lowest BCUT2D eigenvalue weighted by Crippen LogP contribution is -2.37. The van der Waals surface area contributed by atoms with E-state index in [1.165, 1.54) is 0 Å². The van der Waals surface area contributed by atoms with Gasteiger partial charge in [-0.05, 0) is 13.2 Å². The van der Waals surface area contributed by atoms with Gasteiger partial charge in [0.1, 0.15) is 0 Å². The van der Waals surface area contributed by atoms with Gasteiger partial charge in [-0.3, -0.25) is 4.79 Å². The van der Waals surface area contributed by atoms with Crippen LogP contribution in [0.25, 0.3) is 0 Å². The van der Waals surface area contributed by atoms with Crippen LogP contribution in [0.15, 0.2) is 0 Å². The van der Waals surface area contributed by atoms with Crippen LogP contribution in [0.4, 0.5) is 0 Å². The van der Waals surface area contributed by atoms with Crippen LogP contribution < -0.4 is 0 Å². The number of thioether (sulfide) groups is 1. The molecule has 66 valence electrons. The zero-order valence-electron chi connectivity index (χ0n) is 7.20. The molecule has 0 saturated heterocycles. The van der Waals surface area contributed by atoms with E-state index in [0.717, 1.165) is 5.75 Å². The highest BCUT2D eigenvalue weighted by Gasteiger charge is 2.12. The Morgan fingerprint density at radius 3 is 2.64 bits per heavy atom. The van der Waals surface area contributed by atoms with Gasteiger partial charge in [0.15, 0.2) is 0 Å². The first kappa shape index (κ1) is 11.2. The number of rotatable bonds is 4. The zero-order valence-corrected chi connectivity index (χ0v) is 8.91. The average molecular weight is 193 g/mol. The molecule has 1 atom stereocenters. The molecule has 2 nitrogen and oxygen atoms in total.